The second-order valence-electron chi connectivity index (χ2n) is 10.1. The summed E-state index contributed by atoms with van der Waals surface area (Å²) < 4.78 is 5.17. The number of rotatable bonds is 15. The highest BCUT2D eigenvalue weighted by Gasteiger charge is 2.18. The van der Waals surface area contributed by atoms with Gasteiger partial charge < -0.3 is 9.84 Å². The van der Waals surface area contributed by atoms with Crippen LogP contribution < -0.4 is 0 Å². The van der Waals surface area contributed by atoms with Gasteiger partial charge in [0.2, 0.25) is 0 Å². The maximum atomic E-state index is 11.5. The Bertz CT molecular complexity index is 711. The second kappa shape index (κ2) is 15.9. The number of esters is 1. The van der Waals surface area contributed by atoms with E-state index in [1.807, 2.05) is 0 Å². The average Bonchev–Trinajstić information content (AvgIpc) is 2.83. The van der Waals surface area contributed by atoms with E-state index in [1.165, 1.54) is 62.5 Å². The van der Waals surface area contributed by atoms with Crippen LogP contribution in [-0.4, -0.2) is 24.3 Å². The summed E-state index contributed by atoms with van der Waals surface area (Å²) in [5.41, 5.74) is 3.05. The van der Waals surface area contributed by atoms with Gasteiger partial charge in [-0.15, -0.1) is 0 Å². The van der Waals surface area contributed by atoms with Gasteiger partial charge in [-0.2, -0.15) is 0 Å². The molecule has 0 radical (unpaired) electrons. The van der Waals surface area contributed by atoms with Crippen LogP contribution in [0.2, 0.25) is 0 Å². The highest BCUT2D eigenvalue weighted by Crippen LogP contribution is 2.33. The fourth-order valence-electron chi connectivity index (χ4n) is 4.70. The van der Waals surface area contributed by atoms with Crippen molar-refractivity contribution in [3.05, 3.63) is 53.6 Å². The van der Waals surface area contributed by atoms with Crippen LogP contribution in [0.5, 0.6) is 0 Å². The van der Waals surface area contributed by atoms with Gasteiger partial charge in [-0.1, -0.05) is 82.0 Å². The molecular formula is C30H46O3. The zero-order valence-corrected chi connectivity index (χ0v) is 21.1. The number of ether oxygens (including phenoxy) is 1. The number of carbonyl (C=O) groups is 1. The summed E-state index contributed by atoms with van der Waals surface area (Å²) in [5, 5.41) is 9.51. The number of hydrogen-bond acceptors (Lipinski definition) is 3. The van der Waals surface area contributed by atoms with Crippen LogP contribution in [0.25, 0.3) is 6.08 Å². The van der Waals surface area contributed by atoms with E-state index in [0.29, 0.717) is 5.57 Å². The maximum absolute atomic E-state index is 11.5. The lowest BCUT2D eigenvalue weighted by atomic mass is 9.79. The quantitative estimate of drug-likeness (QED) is 0.169. The van der Waals surface area contributed by atoms with E-state index in [9.17, 15) is 9.90 Å². The molecule has 3 nitrogen and oxygen atoms in total. The highest BCUT2D eigenvalue weighted by molar-refractivity contribution is 5.86. The van der Waals surface area contributed by atoms with Gasteiger partial charge in [0.05, 0.1) is 6.61 Å². The molecule has 3 heteroatoms. The van der Waals surface area contributed by atoms with E-state index in [1.54, 1.807) is 6.92 Å². The summed E-state index contributed by atoms with van der Waals surface area (Å²) in [7, 11) is 0. The topological polar surface area (TPSA) is 46.5 Å². The molecule has 1 aromatic rings. The standard InChI is InChI=1S/C30H46O3/c1-4-5-6-9-25-12-16-27(17-13-25)20-21-28-18-14-26(15-19-28)10-7-8-11-29(22-31)23-33-30(32)24(2)3/h14-15,18-21,25,27,29,31H,2,4-13,16-17,22-23H2,1,3H3/b21-20+. The summed E-state index contributed by atoms with van der Waals surface area (Å²) in [4.78, 5) is 11.5. The number of aliphatic hydroxyl groups excluding tert-OH is 1. The molecule has 1 aliphatic carbocycles. The van der Waals surface area contributed by atoms with Gasteiger partial charge in [0, 0.05) is 18.1 Å². The smallest absolute Gasteiger partial charge is 0.333 e. The third-order valence-corrected chi connectivity index (χ3v) is 7.03. The Morgan fingerprint density at radius 2 is 1.85 bits per heavy atom. The Morgan fingerprint density at radius 1 is 1.12 bits per heavy atom. The SMILES string of the molecule is C=C(C)C(=O)OCC(CO)CCCCc1ccc(/C=C/C2CCC(CCCCC)CC2)cc1. The molecule has 1 atom stereocenters. The summed E-state index contributed by atoms with van der Waals surface area (Å²) in [6.45, 7) is 7.82. The van der Waals surface area contributed by atoms with E-state index in [0.717, 1.165) is 37.5 Å². The zero-order chi connectivity index (χ0) is 23.9. The van der Waals surface area contributed by atoms with Gasteiger partial charge in [-0.25, -0.2) is 4.79 Å². The Labute approximate surface area is 202 Å². The number of hydrogen-bond donors (Lipinski definition) is 1. The van der Waals surface area contributed by atoms with E-state index >= 15 is 0 Å². The third-order valence-electron chi connectivity index (χ3n) is 7.03. The predicted molar refractivity (Wildman–Crippen MR) is 139 cm³/mol. The fraction of sp³-hybridized carbons (Fsp3) is 0.633. The van der Waals surface area contributed by atoms with Gasteiger partial charge in [0.1, 0.15) is 0 Å². The molecule has 0 bridgehead atoms. The van der Waals surface area contributed by atoms with E-state index in [4.69, 9.17) is 4.74 Å². The number of unbranched alkanes of at least 4 members (excludes halogenated alkanes) is 3. The fourth-order valence-corrected chi connectivity index (χ4v) is 4.70. The van der Waals surface area contributed by atoms with Crippen LogP contribution in [0.4, 0.5) is 0 Å². The number of carbonyl (C=O) groups excluding carboxylic acids is 1. The van der Waals surface area contributed by atoms with Gasteiger partial charge in [-0.3, -0.25) is 0 Å². The minimum atomic E-state index is -0.377. The first kappa shape index (κ1) is 27.4. The first-order valence-electron chi connectivity index (χ1n) is 13.2. The molecule has 0 spiro atoms. The number of allylic oxidation sites excluding steroid dienone is 1. The van der Waals surface area contributed by atoms with Crippen LogP contribution in [0, 0.1) is 17.8 Å². The lowest BCUT2D eigenvalue weighted by molar-refractivity contribution is -0.140. The highest BCUT2D eigenvalue weighted by atomic mass is 16.5. The van der Waals surface area contributed by atoms with Crippen molar-refractivity contribution in [2.24, 2.45) is 17.8 Å². The van der Waals surface area contributed by atoms with Crippen molar-refractivity contribution in [3.63, 3.8) is 0 Å². The van der Waals surface area contributed by atoms with E-state index < -0.39 is 0 Å². The molecule has 1 fully saturated rings. The molecule has 0 saturated heterocycles. The second-order valence-corrected chi connectivity index (χ2v) is 10.1. The summed E-state index contributed by atoms with van der Waals surface area (Å²) in [6.07, 6.45) is 19.8. The number of benzene rings is 1. The molecule has 0 aliphatic heterocycles. The van der Waals surface area contributed by atoms with Crippen molar-refractivity contribution in [1.29, 1.82) is 0 Å². The Balaban J connectivity index is 1.63. The van der Waals surface area contributed by atoms with Crippen LogP contribution in [0.15, 0.2) is 42.5 Å². The van der Waals surface area contributed by atoms with E-state index in [2.05, 4.69) is 49.9 Å². The molecule has 0 amide bonds. The lowest BCUT2D eigenvalue weighted by Gasteiger charge is -2.26. The molecule has 1 saturated carbocycles. The minimum absolute atomic E-state index is 0.00669. The summed E-state index contributed by atoms with van der Waals surface area (Å²) in [5.74, 6) is 1.35. The Hall–Kier alpha value is -1.87. The molecule has 2 rings (SSSR count). The number of aliphatic hydroxyl groups is 1. The monoisotopic (exact) mass is 454 g/mol. The molecule has 0 heterocycles. The molecule has 1 N–H and O–H groups in total. The van der Waals surface area contributed by atoms with Crippen LogP contribution >= 0.6 is 0 Å². The van der Waals surface area contributed by atoms with Gasteiger partial charge in [0.25, 0.3) is 0 Å². The molecule has 0 aromatic heterocycles. The van der Waals surface area contributed by atoms with Crippen molar-refractivity contribution >= 4 is 12.0 Å². The third kappa shape index (κ3) is 11.2. The maximum Gasteiger partial charge on any atom is 0.333 e. The average molecular weight is 455 g/mol. The first-order valence-corrected chi connectivity index (χ1v) is 13.2. The summed E-state index contributed by atoms with van der Waals surface area (Å²) in [6, 6.07) is 8.94. The van der Waals surface area contributed by atoms with Crippen molar-refractivity contribution < 1.29 is 14.6 Å². The summed E-state index contributed by atoms with van der Waals surface area (Å²) >= 11 is 0. The van der Waals surface area contributed by atoms with Crippen molar-refractivity contribution in [2.45, 2.75) is 90.9 Å². The van der Waals surface area contributed by atoms with Crippen molar-refractivity contribution in [1.82, 2.24) is 0 Å². The van der Waals surface area contributed by atoms with Crippen LogP contribution in [0.3, 0.4) is 0 Å². The molecule has 1 aliphatic rings. The molecule has 1 aromatic carbocycles. The number of aryl methyl sites for hydroxylation is 1. The van der Waals surface area contributed by atoms with Crippen LogP contribution in [0.1, 0.15) is 95.6 Å². The normalized spacial score (nSPS) is 19.5. The van der Waals surface area contributed by atoms with Crippen molar-refractivity contribution in [3.8, 4) is 0 Å². The lowest BCUT2D eigenvalue weighted by Crippen LogP contribution is -2.17. The molecule has 184 valence electrons. The minimum Gasteiger partial charge on any atom is -0.462 e. The predicted octanol–water partition coefficient (Wildman–Crippen LogP) is 7.53. The van der Waals surface area contributed by atoms with Crippen LogP contribution in [-0.2, 0) is 16.0 Å². The van der Waals surface area contributed by atoms with Gasteiger partial charge >= 0.3 is 5.97 Å². The molecular weight excluding hydrogens is 408 g/mol. The van der Waals surface area contributed by atoms with Gasteiger partial charge in [0.15, 0.2) is 0 Å². The van der Waals surface area contributed by atoms with Gasteiger partial charge in [-0.05, 0) is 74.8 Å². The largest absolute Gasteiger partial charge is 0.462 e. The zero-order valence-electron chi connectivity index (χ0n) is 21.1. The van der Waals surface area contributed by atoms with E-state index in [-0.39, 0.29) is 25.1 Å². The Kier molecular flexibility index (Phi) is 13.2. The first-order chi connectivity index (χ1) is 16.0. The van der Waals surface area contributed by atoms with Crippen molar-refractivity contribution in [2.75, 3.05) is 13.2 Å². The molecule has 1 unspecified atom stereocenters. The molecule has 33 heavy (non-hydrogen) atoms. The Morgan fingerprint density at radius 3 is 2.48 bits per heavy atom.